The van der Waals surface area contributed by atoms with E-state index >= 15 is 0 Å². The largest absolute Gasteiger partial charge is 0.325 e. The van der Waals surface area contributed by atoms with Crippen molar-refractivity contribution >= 4 is 56.5 Å². The maximum atomic E-state index is 14.0. The van der Waals surface area contributed by atoms with Crippen molar-refractivity contribution in [2.24, 2.45) is 5.92 Å². The number of hydrogen-bond acceptors (Lipinski definition) is 5. The number of benzene rings is 2. The van der Waals surface area contributed by atoms with E-state index in [-0.39, 0.29) is 17.2 Å². The predicted octanol–water partition coefficient (Wildman–Crippen LogP) is 7.39. The van der Waals surface area contributed by atoms with Crippen LogP contribution in [-0.2, 0) is 17.6 Å². The number of hydrogen-bond donors (Lipinski definition) is 1. The molecule has 0 spiro atoms. The number of amides is 1. The first-order chi connectivity index (χ1) is 17.7. The van der Waals surface area contributed by atoms with Crippen molar-refractivity contribution in [1.29, 1.82) is 0 Å². The van der Waals surface area contributed by atoms with E-state index in [2.05, 4.69) is 26.1 Å². The van der Waals surface area contributed by atoms with E-state index < -0.39 is 0 Å². The number of carbonyl (C=O) groups is 1. The highest BCUT2D eigenvalue weighted by atomic mass is 35.5. The second-order valence-corrected chi connectivity index (χ2v) is 12.5. The number of thioether (sulfide) groups is 1. The van der Waals surface area contributed by atoms with Crippen molar-refractivity contribution in [3.63, 3.8) is 0 Å². The van der Waals surface area contributed by atoms with Gasteiger partial charge in [0.05, 0.1) is 16.8 Å². The Balaban J connectivity index is 1.49. The van der Waals surface area contributed by atoms with E-state index in [1.165, 1.54) is 22.2 Å². The lowest BCUT2D eigenvalue weighted by Gasteiger charge is -2.18. The Kier molecular flexibility index (Phi) is 7.48. The molecule has 1 N–H and O–H groups in total. The van der Waals surface area contributed by atoms with E-state index in [1.807, 2.05) is 43.3 Å². The number of carbonyl (C=O) groups excluding carboxylic acids is 1. The Bertz CT molecular complexity index is 1540. The molecule has 1 amide bonds. The van der Waals surface area contributed by atoms with E-state index in [4.69, 9.17) is 16.6 Å². The number of anilines is 1. The summed E-state index contributed by atoms with van der Waals surface area (Å²) < 4.78 is 1.62. The molecule has 5 rings (SSSR count). The molecule has 5 nitrogen and oxygen atoms in total. The number of fused-ring (bicyclic) bond motifs is 3. The highest BCUT2D eigenvalue weighted by Gasteiger charge is 2.25. The molecule has 1 unspecified atom stereocenters. The van der Waals surface area contributed by atoms with Gasteiger partial charge in [0.1, 0.15) is 4.83 Å². The van der Waals surface area contributed by atoms with Crippen molar-refractivity contribution in [1.82, 2.24) is 9.55 Å². The minimum Gasteiger partial charge on any atom is -0.325 e. The van der Waals surface area contributed by atoms with Crippen molar-refractivity contribution in [2.75, 3.05) is 11.1 Å². The minimum absolute atomic E-state index is 0.0934. The first-order valence-electron chi connectivity index (χ1n) is 12.6. The van der Waals surface area contributed by atoms with Gasteiger partial charge < -0.3 is 5.32 Å². The standard InChI is InChI=1S/C29H30ClN3O2S2/c1-16(2)19-7-9-20(10-8-19)31-25(34)15-36-29-32-27-26(22-12-5-17(3)13-24(22)37-27)28(35)33(29)21-11-6-18(4)23(30)14-21/h6-11,14,16-17H,5,12-13,15H2,1-4H3,(H,31,34). The molecule has 0 saturated carbocycles. The number of aromatic nitrogens is 2. The van der Waals surface area contributed by atoms with Crippen molar-refractivity contribution in [3.05, 3.63) is 79.4 Å². The Morgan fingerprint density at radius 3 is 2.70 bits per heavy atom. The van der Waals surface area contributed by atoms with E-state index in [1.54, 1.807) is 22.0 Å². The molecule has 2 heterocycles. The third-order valence-electron chi connectivity index (χ3n) is 6.91. The monoisotopic (exact) mass is 551 g/mol. The van der Waals surface area contributed by atoms with Crippen LogP contribution >= 0.6 is 34.7 Å². The Morgan fingerprint density at radius 1 is 1.24 bits per heavy atom. The molecule has 0 bridgehead atoms. The maximum absolute atomic E-state index is 14.0. The van der Waals surface area contributed by atoms with Crippen LogP contribution in [0.25, 0.3) is 15.9 Å². The fourth-order valence-corrected chi connectivity index (χ4v) is 7.11. The summed E-state index contributed by atoms with van der Waals surface area (Å²) >= 11 is 9.32. The molecule has 37 heavy (non-hydrogen) atoms. The van der Waals surface area contributed by atoms with E-state index in [0.717, 1.165) is 40.9 Å². The summed E-state index contributed by atoms with van der Waals surface area (Å²) in [7, 11) is 0. The van der Waals surface area contributed by atoms with Crippen LogP contribution in [0.3, 0.4) is 0 Å². The van der Waals surface area contributed by atoms with Crippen LogP contribution in [0.4, 0.5) is 5.69 Å². The van der Waals surface area contributed by atoms with Crippen LogP contribution in [0.5, 0.6) is 0 Å². The normalized spacial score (nSPS) is 15.2. The molecule has 1 aliphatic carbocycles. The topological polar surface area (TPSA) is 64.0 Å². The van der Waals surface area contributed by atoms with Gasteiger partial charge in [-0.1, -0.05) is 62.3 Å². The number of aryl methyl sites for hydroxylation is 2. The van der Waals surface area contributed by atoms with Crippen LogP contribution in [0, 0.1) is 12.8 Å². The summed E-state index contributed by atoms with van der Waals surface area (Å²) in [6.07, 6.45) is 2.95. The van der Waals surface area contributed by atoms with E-state index in [9.17, 15) is 9.59 Å². The van der Waals surface area contributed by atoms with Gasteiger partial charge in [-0.25, -0.2) is 4.98 Å². The van der Waals surface area contributed by atoms with Gasteiger partial charge in [0.2, 0.25) is 5.91 Å². The Hall–Kier alpha value is -2.61. The second-order valence-electron chi connectivity index (χ2n) is 10.1. The van der Waals surface area contributed by atoms with Gasteiger partial charge in [-0.05, 0) is 79.0 Å². The van der Waals surface area contributed by atoms with Crippen molar-refractivity contribution in [3.8, 4) is 5.69 Å². The average molecular weight is 552 g/mol. The molecule has 0 fully saturated rings. The van der Waals surface area contributed by atoms with Crippen molar-refractivity contribution in [2.45, 2.75) is 58.0 Å². The number of rotatable bonds is 6. The summed E-state index contributed by atoms with van der Waals surface area (Å²) in [5.41, 5.74) is 4.61. The van der Waals surface area contributed by atoms with Gasteiger partial charge in [0.25, 0.3) is 5.56 Å². The number of thiophene rings is 1. The molecule has 8 heteroatoms. The molecule has 0 saturated heterocycles. The predicted molar refractivity (Wildman–Crippen MR) is 156 cm³/mol. The lowest BCUT2D eigenvalue weighted by Crippen LogP contribution is -2.23. The molecular formula is C29H30ClN3O2S2. The van der Waals surface area contributed by atoms with Gasteiger partial charge in [0, 0.05) is 15.6 Å². The highest BCUT2D eigenvalue weighted by molar-refractivity contribution is 7.99. The lowest BCUT2D eigenvalue weighted by atomic mass is 9.89. The zero-order valence-electron chi connectivity index (χ0n) is 21.4. The molecule has 192 valence electrons. The lowest BCUT2D eigenvalue weighted by molar-refractivity contribution is -0.113. The molecule has 2 aromatic heterocycles. The van der Waals surface area contributed by atoms with Crippen LogP contribution in [-0.4, -0.2) is 21.2 Å². The first-order valence-corrected chi connectivity index (χ1v) is 14.8. The number of halogens is 1. The zero-order valence-corrected chi connectivity index (χ0v) is 23.8. The Morgan fingerprint density at radius 2 is 2.00 bits per heavy atom. The van der Waals surface area contributed by atoms with Crippen LogP contribution in [0.15, 0.2) is 52.4 Å². The minimum atomic E-state index is -0.149. The molecule has 0 radical (unpaired) electrons. The third kappa shape index (κ3) is 5.35. The zero-order chi connectivity index (χ0) is 26.3. The number of nitrogens with one attached hydrogen (secondary N) is 1. The summed E-state index contributed by atoms with van der Waals surface area (Å²) in [5, 5.41) is 4.75. The SMILES string of the molecule is Cc1ccc(-n2c(SCC(=O)Nc3ccc(C(C)C)cc3)nc3sc4c(c3c2=O)CCC(C)C4)cc1Cl. The Labute approximate surface area is 230 Å². The third-order valence-corrected chi connectivity index (χ3v) is 9.40. The highest BCUT2D eigenvalue weighted by Crippen LogP contribution is 2.37. The van der Waals surface area contributed by atoms with Gasteiger partial charge in [-0.2, -0.15) is 0 Å². The van der Waals surface area contributed by atoms with Gasteiger partial charge >= 0.3 is 0 Å². The maximum Gasteiger partial charge on any atom is 0.267 e. The summed E-state index contributed by atoms with van der Waals surface area (Å²) in [6, 6.07) is 13.5. The van der Waals surface area contributed by atoms with Crippen LogP contribution in [0.2, 0.25) is 5.02 Å². The fraction of sp³-hybridized carbons (Fsp3) is 0.345. The van der Waals surface area contributed by atoms with Gasteiger partial charge in [-0.3, -0.25) is 14.2 Å². The van der Waals surface area contributed by atoms with Gasteiger partial charge in [-0.15, -0.1) is 11.3 Å². The molecule has 1 aliphatic rings. The van der Waals surface area contributed by atoms with E-state index in [0.29, 0.717) is 33.1 Å². The summed E-state index contributed by atoms with van der Waals surface area (Å²) in [6.45, 7) is 8.46. The molecule has 2 aromatic carbocycles. The van der Waals surface area contributed by atoms with Crippen molar-refractivity contribution < 1.29 is 4.79 Å². The van der Waals surface area contributed by atoms with Crippen LogP contribution < -0.4 is 10.9 Å². The number of nitrogens with zero attached hydrogens (tertiary/aromatic N) is 2. The second kappa shape index (κ2) is 10.6. The summed E-state index contributed by atoms with van der Waals surface area (Å²) in [5.74, 6) is 1.01. The molecular weight excluding hydrogens is 522 g/mol. The first kappa shape index (κ1) is 26.0. The molecule has 4 aromatic rings. The smallest absolute Gasteiger partial charge is 0.267 e. The van der Waals surface area contributed by atoms with Crippen LogP contribution in [0.1, 0.15) is 54.7 Å². The molecule has 1 atom stereocenters. The fourth-order valence-electron chi connectivity index (χ4n) is 4.70. The quantitative estimate of drug-likeness (QED) is 0.200. The molecule has 0 aliphatic heterocycles. The average Bonchev–Trinajstić information content (AvgIpc) is 3.22. The summed E-state index contributed by atoms with van der Waals surface area (Å²) in [4.78, 5) is 33.7. The van der Waals surface area contributed by atoms with Gasteiger partial charge in [0.15, 0.2) is 5.16 Å².